The molecule has 0 aromatic heterocycles. The van der Waals surface area contributed by atoms with Crippen LogP contribution < -0.4 is 5.32 Å². The van der Waals surface area contributed by atoms with Gasteiger partial charge in [0.25, 0.3) is 0 Å². The second kappa shape index (κ2) is 16.0. The van der Waals surface area contributed by atoms with E-state index in [4.69, 9.17) is 4.43 Å². The first-order valence-corrected chi connectivity index (χ1v) is 19.5. The van der Waals surface area contributed by atoms with Crippen LogP contribution in [0.15, 0.2) is 84.9 Å². The van der Waals surface area contributed by atoms with Crippen molar-refractivity contribution in [2.45, 2.75) is 96.6 Å². The fourth-order valence-electron chi connectivity index (χ4n) is 5.22. The molecule has 3 aromatic carbocycles. The molecule has 46 heavy (non-hydrogen) atoms. The smallest absolute Gasteiger partial charge is 0.246 e. The van der Waals surface area contributed by atoms with Gasteiger partial charge in [0.05, 0.1) is 6.10 Å². The lowest BCUT2D eigenvalue weighted by Gasteiger charge is -2.39. The third kappa shape index (κ3) is 10.9. The molecule has 0 aliphatic rings. The van der Waals surface area contributed by atoms with Crippen LogP contribution in [-0.4, -0.2) is 74.8 Å². The van der Waals surface area contributed by atoms with Crippen molar-refractivity contribution in [2.24, 2.45) is 0 Å². The molecule has 0 fully saturated rings. The van der Waals surface area contributed by atoms with Crippen molar-refractivity contribution in [3.8, 4) is 0 Å². The third-order valence-electron chi connectivity index (χ3n) is 9.36. The molecule has 3 rings (SSSR count). The van der Waals surface area contributed by atoms with E-state index in [0.717, 1.165) is 29.3 Å². The summed E-state index contributed by atoms with van der Waals surface area (Å²) >= 11 is 0. The van der Waals surface area contributed by atoms with Gasteiger partial charge in [-0.05, 0) is 79.7 Å². The quantitative estimate of drug-likeness (QED) is 0.137. The van der Waals surface area contributed by atoms with Gasteiger partial charge in [-0.25, -0.2) is 0 Å². The number of rotatable bonds is 15. The van der Waals surface area contributed by atoms with Crippen LogP contribution in [0, 0.1) is 0 Å². The SMILES string of the molecule is C[C@H](CNC(C)(C)C/C=C/C(=O)N(C)[C@H](Cc1ccc2ccccc2c1)C(=O)N(C)CCc1ccccc1)O[Si](C)(C)C(C)(C)C. The van der Waals surface area contributed by atoms with Crippen molar-refractivity contribution in [2.75, 3.05) is 27.2 Å². The molecule has 0 spiro atoms. The maximum absolute atomic E-state index is 13.9. The number of benzene rings is 3. The van der Waals surface area contributed by atoms with Crippen molar-refractivity contribution in [1.82, 2.24) is 15.1 Å². The number of carbonyl (C=O) groups excluding carboxylic acids is 2. The van der Waals surface area contributed by atoms with Gasteiger partial charge in [-0.15, -0.1) is 0 Å². The van der Waals surface area contributed by atoms with E-state index < -0.39 is 14.4 Å². The number of nitrogens with one attached hydrogen (secondary N) is 1. The Kier molecular flexibility index (Phi) is 13.0. The van der Waals surface area contributed by atoms with Gasteiger partial charge in [-0.3, -0.25) is 9.59 Å². The molecule has 0 bridgehead atoms. The Labute approximate surface area is 279 Å². The molecule has 7 heteroatoms. The highest BCUT2D eigenvalue weighted by molar-refractivity contribution is 6.74. The molecule has 3 aromatic rings. The zero-order chi connectivity index (χ0) is 34.1. The summed E-state index contributed by atoms with van der Waals surface area (Å²) in [6, 6.07) is 24.0. The average Bonchev–Trinajstić information content (AvgIpc) is 3.00. The standard InChI is InChI=1S/C39H57N3O3Si/c1-30(45-46(9,10)38(2,3)4)29-40-39(5,6)25-16-21-36(43)42(8)35(28-32-22-23-33-19-14-15-20-34(33)27-32)37(44)41(7)26-24-31-17-12-11-13-18-31/h11-23,27,30,35,40H,24-26,28-29H2,1-10H3/b21-16+/t30-,35-/m1/s1. The highest BCUT2D eigenvalue weighted by atomic mass is 28.4. The fraction of sp³-hybridized carbons (Fsp3) is 0.487. The lowest BCUT2D eigenvalue weighted by Crippen LogP contribution is -2.49. The molecule has 0 saturated heterocycles. The molecule has 2 amide bonds. The number of likely N-dealkylation sites (N-methyl/N-ethyl adjacent to an activating group) is 2. The van der Waals surface area contributed by atoms with E-state index in [1.807, 2.05) is 43.5 Å². The Balaban J connectivity index is 1.68. The summed E-state index contributed by atoms with van der Waals surface area (Å²) < 4.78 is 6.52. The molecule has 1 N–H and O–H groups in total. The topological polar surface area (TPSA) is 61.9 Å². The number of nitrogens with zero attached hydrogens (tertiary/aromatic N) is 2. The lowest BCUT2D eigenvalue weighted by molar-refractivity contribution is -0.141. The molecule has 250 valence electrons. The van der Waals surface area contributed by atoms with Gasteiger partial charge in [0.15, 0.2) is 8.32 Å². The maximum Gasteiger partial charge on any atom is 0.246 e. The Morgan fingerprint density at radius 3 is 2.17 bits per heavy atom. The number of hydrogen-bond donors (Lipinski definition) is 1. The molecule has 0 saturated carbocycles. The Morgan fingerprint density at radius 2 is 1.52 bits per heavy atom. The van der Waals surface area contributed by atoms with Gasteiger partial charge in [0.1, 0.15) is 6.04 Å². The lowest BCUT2D eigenvalue weighted by atomic mass is 9.99. The van der Waals surface area contributed by atoms with Crippen molar-refractivity contribution < 1.29 is 14.0 Å². The predicted molar refractivity (Wildman–Crippen MR) is 196 cm³/mol. The molecular formula is C39H57N3O3Si. The molecule has 0 aliphatic carbocycles. The second-order valence-electron chi connectivity index (χ2n) is 14.9. The van der Waals surface area contributed by atoms with Gasteiger partial charge >= 0.3 is 0 Å². The van der Waals surface area contributed by atoms with Crippen molar-refractivity contribution in [3.63, 3.8) is 0 Å². The van der Waals surface area contributed by atoms with Crippen LogP contribution in [0.3, 0.4) is 0 Å². The van der Waals surface area contributed by atoms with E-state index >= 15 is 0 Å². The molecule has 0 aliphatic heterocycles. The first-order chi connectivity index (χ1) is 21.5. The maximum atomic E-state index is 13.9. The van der Waals surface area contributed by atoms with Crippen LogP contribution in [0.1, 0.15) is 59.1 Å². The van der Waals surface area contributed by atoms with E-state index in [0.29, 0.717) is 19.4 Å². The highest BCUT2D eigenvalue weighted by Gasteiger charge is 2.38. The number of amides is 2. The predicted octanol–water partition coefficient (Wildman–Crippen LogP) is 7.64. The summed E-state index contributed by atoms with van der Waals surface area (Å²) in [7, 11) is 1.73. The van der Waals surface area contributed by atoms with Crippen LogP contribution in [0.4, 0.5) is 0 Å². The number of hydrogen-bond acceptors (Lipinski definition) is 4. The summed E-state index contributed by atoms with van der Waals surface area (Å²) in [5, 5.41) is 6.06. The minimum absolute atomic E-state index is 0.0638. The Morgan fingerprint density at radius 1 is 0.891 bits per heavy atom. The molecular weight excluding hydrogens is 587 g/mol. The fourth-order valence-corrected chi connectivity index (χ4v) is 6.67. The van der Waals surface area contributed by atoms with Crippen LogP contribution in [0.5, 0.6) is 0 Å². The molecule has 0 radical (unpaired) electrons. The van der Waals surface area contributed by atoms with E-state index in [2.05, 4.69) is 102 Å². The van der Waals surface area contributed by atoms with Gasteiger partial charge < -0.3 is 19.5 Å². The minimum Gasteiger partial charge on any atom is -0.413 e. The molecule has 2 atom stereocenters. The van der Waals surface area contributed by atoms with Crippen molar-refractivity contribution >= 4 is 30.9 Å². The van der Waals surface area contributed by atoms with Gasteiger partial charge in [0, 0.05) is 39.1 Å². The highest BCUT2D eigenvalue weighted by Crippen LogP contribution is 2.37. The van der Waals surface area contributed by atoms with E-state index in [-0.39, 0.29) is 28.5 Å². The summed E-state index contributed by atoms with van der Waals surface area (Å²) in [5.74, 6) is -0.243. The summed E-state index contributed by atoms with van der Waals surface area (Å²) in [5.41, 5.74) is 1.98. The Hall–Kier alpha value is -3.26. The molecule has 6 nitrogen and oxygen atoms in total. The first kappa shape index (κ1) is 37.2. The minimum atomic E-state index is -1.85. The van der Waals surface area contributed by atoms with Gasteiger partial charge in [-0.1, -0.05) is 99.6 Å². The number of fused-ring (bicyclic) bond motifs is 1. The monoisotopic (exact) mass is 643 g/mol. The van der Waals surface area contributed by atoms with Gasteiger partial charge in [0.2, 0.25) is 11.8 Å². The zero-order valence-electron chi connectivity index (χ0n) is 29.9. The van der Waals surface area contributed by atoms with Crippen LogP contribution in [0.25, 0.3) is 10.8 Å². The molecule has 0 heterocycles. The van der Waals surface area contributed by atoms with E-state index in [1.54, 1.807) is 22.9 Å². The van der Waals surface area contributed by atoms with Crippen LogP contribution in [0.2, 0.25) is 18.1 Å². The van der Waals surface area contributed by atoms with Crippen LogP contribution in [-0.2, 0) is 26.9 Å². The third-order valence-corrected chi connectivity index (χ3v) is 14.0. The largest absolute Gasteiger partial charge is 0.413 e. The summed E-state index contributed by atoms with van der Waals surface area (Å²) in [6.07, 6.45) is 5.49. The average molecular weight is 644 g/mol. The van der Waals surface area contributed by atoms with Crippen LogP contribution >= 0.6 is 0 Å². The number of carbonyl (C=O) groups is 2. The molecule has 0 unspecified atom stereocenters. The first-order valence-electron chi connectivity index (χ1n) is 16.6. The Bertz CT molecular complexity index is 1460. The van der Waals surface area contributed by atoms with Gasteiger partial charge in [-0.2, -0.15) is 0 Å². The zero-order valence-corrected chi connectivity index (χ0v) is 30.9. The van der Waals surface area contributed by atoms with Crippen molar-refractivity contribution in [1.29, 1.82) is 0 Å². The second-order valence-corrected chi connectivity index (χ2v) is 19.7. The van der Waals surface area contributed by atoms with E-state index in [1.165, 1.54) is 5.56 Å². The summed E-state index contributed by atoms with van der Waals surface area (Å²) in [4.78, 5) is 30.8. The summed E-state index contributed by atoms with van der Waals surface area (Å²) in [6.45, 7) is 19.0. The van der Waals surface area contributed by atoms with Crippen molar-refractivity contribution in [3.05, 3.63) is 96.1 Å². The normalized spacial score (nSPS) is 14.0. The van der Waals surface area contributed by atoms with E-state index in [9.17, 15) is 9.59 Å².